The number of anilines is 1. The number of amides is 1. The van der Waals surface area contributed by atoms with E-state index in [0.29, 0.717) is 5.69 Å². The molecule has 82 valence electrons. The molecule has 1 aromatic rings. The molecule has 0 aliphatic rings. The largest absolute Gasteiger partial charge is 0.322 e. The number of carbonyl (C=O) groups excluding carboxylic acids is 1. The van der Waals surface area contributed by atoms with Crippen molar-refractivity contribution in [1.29, 1.82) is 0 Å². The van der Waals surface area contributed by atoms with Crippen LogP contribution in [0.5, 0.6) is 0 Å². The third kappa shape index (κ3) is 3.28. The smallest absolute Gasteiger partial charge is 0.238 e. The van der Waals surface area contributed by atoms with Gasteiger partial charge >= 0.3 is 0 Å². The SMILES string of the molecule is CC(C)(C)c1ncc(NC(=O)CN)cn1. The summed E-state index contributed by atoms with van der Waals surface area (Å²) in [7, 11) is 0. The first-order valence-corrected chi connectivity index (χ1v) is 4.76. The third-order valence-corrected chi connectivity index (χ3v) is 1.79. The van der Waals surface area contributed by atoms with Gasteiger partial charge < -0.3 is 11.1 Å². The fourth-order valence-corrected chi connectivity index (χ4v) is 0.992. The molecule has 0 spiro atoms. The zero-order valence-electron chi connectivity index (χ0n) is 9.24. The first-order chi connectivity index (χ1) is 6.93. The Bertz CT molecular complexity index is 339. The highest BCUT2D eigenvalue weighted by molar-refractivity contribution is 5.91. The fraction of sp³-hybridized carbons (Fsp3) is 0.500. The number of nitrogens with zero attached hydrogens (tertiary/aromatic N) is 2. The summed E-state index contributed by atoms with van der Waals surface area (Å²) < 4.78 is 0. The molecular weight excluding hydrogens is 192 g/mol. The summed E-state index contributed by atoms with van der Waals surface area (Å²) in [6.07, 6.45) is 3.17. The summed E-state index contributed by atoms with van der Waals surface area (Å²) in [5.74, 6) is 0.496. The van der Waals surface area contributed by atoms with E-state index < -0.39 is 0 Å². The minimum absolute atomic E-state index is 0.0407. The Kier molecular flexibility index (Phi) is 3.36. The molecule has 5 heteroatoms. The Morgan fingerprint density at radius 3 is 2.33 bits per heavy atom. The maximum Gasteiger partial charge on any atom is 0.238 e. The number of aromatic nitrogens is 2. The highest BCUT2D eigenvalue weighted by Crippen LogP contribution is 2.17. The van der Waals surface area contributed by atoms with Gasteiger partial charge in [0.25, 0.3) is 0 Å². The van der Waals surface area contributed by atoms with Gasteiger partial charge in [0.2, 0.25) is 5.91 Å². The molecular formula is C10H16N4O. The van der Waals surface area contributed by atoms with Gasteiger partial charge in [-0.2, -0.15) is 0 Å². The first-order valence-electron chi connectivity index (χ1n) is 4.76. The van der Waals surface area contributed by atoms with Crippen LogP contribution in [0.4, 0.5) is 5.69 Å². The van der Waals surface area contributed by atoms with Gasteiger partial charge in [0.1, 0.15) is 5.82 Å². The maximum atomic E-state index is 11.0. The molecule has 1 rings (SSSR count). The predicted octanol–water partition coefficient (Wildman–Crippen LogP) is 0.671. The zero-order valence-corrected chi connectivity index (χ0v) is 9.24. The summed E-state index contributed by atoms with van der Waals surface area (Å²) >= 11 is 0. The van der Waals surface area contributed by atoms with Crippen LogP contribution in [-0.2, 0) is 10.2 Å². The highest BCUT2D eigenvalue weighted by atomic mass is 16.1. The lowest BCUT2D eigenvalue weighted by Gasteiger charge is -2.16. The molecule has 1 heterocycles. The molecule has 0 saturated carbocycles. The Morgan fingerprint density at radius 1 is 1.40 bits per heavy atom. The monoisotopic (exact) mass is 208 g/mol. The second kappa shape index (κ2) is 4.35. The number of nitrogens with two attached hydrogens (primary N) is 1. The lowest BCUT2D eigenvalue weighted by Crippen LogP contribution is -2.22. The molecule has 5 nitrogen and oxygen atoms in total. The number of hydrogen-bond acceptors (Lipinski definition) is 4. The van der Waals surface area contributed by atoms with E-state index >= 15 is 0 Å². The van der Waals surface area contributed by atoms with Gasteiger partial charge in [0.05, 0.1) is 24.6 Å². The molecule has 1 amide bonds. The minimum atomic E-state index is -0.248. The molecule has 1 aromatic heterocycles. The van der Waals surface area contributed by atoms with Crippen molar-refractivity contribution < 1.29 is 4.79 Å². The summed E-state index contributed by atoms with van der Waals surface area (Å²) in [4.78, 5) is 19.3. The van der Waals surface area contributed by atoms with Gasteiger partial charge in [-0.15, -0.1) is 0 Å². The molecule has 0 aliphatic heterocycles. The van der Waals surface area contributed by atoms with E-state index in [-0.39, 0.29) is 17.9 Å². The second-order valence-electron chi connectivity index (χ2n) is 4.30. The molecule has 3 N–H and O–H groups in total. The lowest BCUT2D eigenvalue weighted by molar-refractivity contribution is -0.114. The maximum absolute atomic E-state index is 11.0. The van der Waals surface area contributed by atoms with E-state index in [0.717, 1.165) is 5.82 Å². The molecule has 0 atom stereocenters. The van der Waals surface area contributed by atoms with Crippen LogP contribution in [0, 0.1) is 0 Å². The van der Waals surface area contributed by atoms with Crippen molar-refractivity contribution in [2.75, 3.05) is 11.9 Å². The van der Waals surface area contributed by atoms with Crippen molar-refractivity contribution >= 4 is 11.6 Å². The molecule has 0 radical (unpaired) electrons. The van der Waals surface area contributed by atoms with Crippen LogP contribution in [0.15, 0.2) is 12.4 Å². The third-order valence-electron chi connectivity index (χ3n) is 1.79. The summed E-state index contributed by atoms with van der Waals surface area (Å²) in [5.41, 5.74) is 5.65. The van der Waals surface area contributed by atoms with Crippen LogP contribution in [0.25, 0.3) is 0 Å². The van der Waals surface area contributed by atoms with Crippen molar-refractivity contribution in [1.82, 2.24) is 9.97 Å². The highest BCUT2D eigenvalue weighted by Gasteiger charge is 2.16. The van der Waals surface area contributed by atoms with Gasteiger partial charge in [0, 0.05) is 5.41 Å². The van der Waals surface area contributed by atoms with Crippen molar-refractivity contribution in [3.63, 3.8) is 0 Å². The second-order valence-corrected chi connectivity index (χ2v) is 4.30. The standard InChI is InChI=1S/C10H16N4O/c1-10(2,3)9-12-5-7(6-13-9)14-8(15)4-11/h5-6H,4,11H2,1-3H3,(H,14,15). The Morgan fingerprint density at radius 2 is 1.93 bits per heavy atom. The molecule has 15 heavy (non-hydrogen) atoms. The Balaban J connectivity index is 2.77. The first kappa shape index (κ1) is 11.6. The van der Waals surface area contributed by atoms with Crippen LogP contribution in [-0.4, -0.2) is 22.4 Å². The normalized spacial score (nSPS) is 11.2. The van der Waals surface area contributed by atoms with Gasteiger partial charge in [-0.1, -0.05) is 20.8 Å². The van der Waals surface area contributed by atoms with Crippen LogP contribution in [0.2, 0.25) is 0 Å². The summed E-state index contributed by atoms with van der Waals surface area (Å²) in [6.45, 7) is 6.04. The quantitative estimate of drug-likeness (QED) is 0.748. The van der Waals surface area contributed by atoms with E-state index in [1.54, 1.807) is 12.4 Å². The minimum Gasteiger partial charge on any atom is -0.322 e. The average Bonchev–Trinajstić information content (AvgIpc) is 2.17. The predicted molar refractivity (Wildman–Crippen MR) is 58.4 cm³/mol. The molecule has 0 saturated heterocycles. The Hall–Kier alpha value is -1.49. The van der Waals surface area contributed by atoms with Crippen molar-refractivity contribution in [2.45, 2.75) is 26.2 Å². The molecule has 0 unspecified atom stereocenters. The molecule has 0 fully saturated rings. The van der Waals surface area contributed by atoms with Crippen LogP contribution < -0.4 is 11.1 Å². The van der Waals surface area contributed by atoms with E-state index in [9.17, 15) is 4.79 Å². The zero-order chi connectivity index (χ0) is 11.5. The number of rotatable bonds is 2. The van der Waals surface area contributed by atoms with E-state index in [1.807, 2.05) is 20.8 Å². The average molecular weight is 208 g/mol. The number of hydrogen-bond donors (Lipinski definition) is 2. The number of nitrogens with one attached hydrogen (secondary N) is 1. The molecule has 0 aromatic carbocycles. The van der Waals surface area contributed by atoms with E-state index in [2.05, 4.69) is 15.3 Å². The fourth-order valence-electron chi connectivity index (χ4n) is 0.992. The summed E-state index contributed by atoms with van der Waals surface area (Å²) in [6, 6.07) is 0. The number of carbonyl (C=O) groups is 1. The van der Waals surface area contributed by atoms with Gasteiger partial charge in [0.15, 0.2) is 0 Å². The lowest BCUT2D eigenvalue weighted by atomic mass is 9.96. The van der Waals surface area contributed by atoms with Crippen molar-refractivity contribution in [3.8, 4) is 0 Å². The Labute approximate surface area is 89.1 Å². The van der Waals surface area contributed by atoms with Gasteiger partial charge in [-0.3, -0.25) is 4.79 Å². The van der Waals surface area contributed by atoms with E-state index in [4.69, 9.17) is 5.73 Å². The van der Waals surface area contributed by atoms with Gasteiger partial charge in [-0.05, 0) is 0 Å². The molecule has 0 aliphatic carbocycles. The van der Waals surface area contributed by atoms with Gasteiger partial charge in [-0.25, -0.2) is 9.97 Å². The van der Waals surface area contributed by atoms with Crippen LogP contribution in [0.3, 0.4) is 0 Å². The van der Waals surface area contributed by atoms with Crippen LogP contribution in [0.1, 0.15) is 26.6 Å². The topological polar surface area (TPSA) is 80.9 Å². The van der Waals surface area contributed by atoms with E-state index in [1.165, 1.54) is 0 Å². The molecule has 0 bridgehead atoms. The van der Waals surface area contributed by atoms with Crippen molar-refractivity contribution in [3.05, 3.63) is 18.2 Å². The van der Waals surface area contributed by atoms with Crippen molar-refractivity contribution in [2.24, 2.45) is 5.73 Å². The van der Waals surface area contributed by atoms with Crippen LogP contribution >= 0.6 is 0 Å². The summed E-state index contributed by atoms with van der Waals surface area (Å²) in [5, 5.41) is 2.58.